The Hall–Kier alpha value is -4.07. The lowest BCUT2D eigenvalue weighted by atomic mass is 9.71. The Morgan fingerprint density at radius 3 is 2.22 bits per heavy atom. The first-order chi connectivity index (χ1) is 17.8. The van der Waals surface area contributed by atoms with Crippen LogP contribution in [0.25, 0.3) is 0 Å². The molecular formula is C29H31NO7. The fourth-order valence-corrected chi connectivity index (χ4v) is 5.12. The smallest absolute Gasteiger partial charge is 0.337 e. The van der Waals surface area contributed by atoms with Gasteiger partial charge in [0.15, 0.2) is 17.3 Å². The molecule has 2 aromatic rings. The van der Waals surface area contributed by atoms with Crippen molar-refractivity contribution in [2.75, 3.05) is 27.9 Å². The monoisotopic (exact) mass is 505 g/mol. The first-order valence-corrected chi connectivity index (χ1v) is 12.1. The summed E-state index contributed by atoms with van der Waals surface area (Å²) >= 11 is 0. The summed E-state index contributed by atoms with van der Waals surface area (Å²) in [7, 11) is 4.48. The highest BCUT2D eigenvalue weighted by Crippen LogP contribution is 2.46. The van der Waals surface area contributed by atoms with Crippen LogP contribution in [0.4, 0.5) is 0 Å². The maximum absolute atomic E-state index is 13.7. The number of allylic oxidation sites excluding steroid dienone is 3. The highest BCUT2D eigenvalue weighted by atomic mass is 16.5. The third-order valence-electron chi connectivity index (χ3n) is 6.87. The van der Waals surface area contributed by atoms with Gasteiger partial charge in [0.2, 0.25) is 0 Å². The molecule has 0 amide bonds. The van der Waals surface area contributed by atoms with Crippen molar-refractivity contribution in [3.05, 3.63) is 81.7 Å². The van der Waals surface area contributed by atoms with E-state index < -0.39 is 17.9 Å². The fraction of sp³-hybridized carbons (Fsp3) is 0.345. The van der Waals surface area contributed by atoms with Gasteiger partial charge in [0.1, 0.15) is 0 Å². The quantitative estimate of drug-likeness (QED) is 0.552. The number of hydrogen-bond donors (Lipinski definition) is 1. The summed E-state index contributed by atoms with van der Waals surface area (Å²) in [6.07, 6.45) is 0.864. The molecule has 1 N–H and O–H groups in total. The molecule has 0 fully saturated rings. The standard InChI is InChI=1S/C29H31NO7/c1-6-37-29(33)25-16(2)30-21-13-20(19-11-12-23(34-3)24(15-19)35-4)14-22(31)27(21)26(25)17-7-9-18(10-8-17)28(32)36-5/h7-12,15,20,26,30H,6,13-14H2,1-5H3. The SMILES string of the molecule is CCOC(=O)C1=C(C)NC2=C(C(=O)CC(c3ccc(OC)c(OC)c3)C2)C1c1ccc(C(=O)OC)cc1. The van der Waals surface area contributed by atoms with Crippen molar-refractivity contribution in [3.63, 3.8) is 0 Å². The molecule has 2 unspecified atom stereocenters. The van der Waals surface area contributed by atoms with Crippen LogP contribution in [0, 0.1) is 0 Å². The Balaban J connectivity index is 1.77. The predicted octanol–water partition coefficient (Wildman–Crippen LogP) is 4.42. The van der Waals surface area contributed by atoms with Crippen molar-refractivity contribution in [2.45, 2.75) is 38.5 Å². The molecule has 0 saturated heterocycles. The van der Waals surface area contributed by atoms with Crippen molar-refractivity contribution in [2.24, 2.45) is 0 Å². The molecule has 1 aliphatic carbocycles. The second-order valence-corrected chi connectivity index (χ2v) is 8.97. The van der Waals surface area contributed by atoms with E-state index >= 15 is 0 Å². The molecule has 0 spiro atoms. The Kier molecular flexibility index (Phi) is 7.66. The van der Waals surface area contributed by atoms with Crippen LogP contribution in [0.2, 0.25) is 0 Å². The summed E-state index contributed by atoms with van der Waals surface area (Å²) in [5.74, 6) is -0.439. The number of nitrogens with one attached hydrogen (secondary N) is 1. The largest absolute Gasteiger partial charge is 0.493 e. The summed E-state index contributed by atoms with van der Waals surface area (Å²) in [5, 5.41) is 3.34. The van der Waals surface area contributed by atoms with Crippen LogP contribution in [0.1, 0.15) is 60.0 Å². The minimum atomic E-state index is -0.610. The van der Waals surface area contributed by atoms with Gasteiger partial charge in [-0.15, -0.1) is 0 Å². The van der Waals surface area contributed by atoms with Gasteiger partial charge in [0.25, 0.3) is 0 Å². The van der Waals surface area contributed by atoms with E-state index in [2.05, 4.69) is 5.32 Å². The maximum atomic E-state index is 13.7. The zero-order valence-corrected chi connectivity index (χ0v) is 21.7. The molecule has 8 heteroatoms. The van der Waals surface area contributed by atoms with Gasteiger partial charge >= 0.3 is 11.9 Å². The number of methoxy groups -OCH3 is 3. The molecule has 1 aliphatic heterocycles. The number of benzene rings is 2. The molecule has 37 heavy (non-hydrogen) atoms. The van der Waals surface area contributed by atoms with E-state index in [1.807, 2.05) is 25.1 Å². The Morgan fingerprint density at radius 1 is 0.919 bits per heavy atom. The number of esters is 2. The van der Waals surface area contributed by atoms with Crippen molar-refractivity contribution in [1.29, 1.82) is 0 Å². The maximum Gasteiger partial charge on any atom is 0.337 e. The molecule has 0 radical (unpaired) electrons. The van der Waals surface area contributed by atoms with Crippen LogP contribution < -0.4 is 14.8 Å². The number of ether oxygens (including phenoxy) is 4. The van der Waals surface area contributed by atoms with Crippen LogP contribution in [0.5, 0.6) is 11.5 Å². The highest BCUT2D eigenvalue weighted by Gasteiger charge is 2.41. The lowest BCUT2D eigenvalue weighted by Crippen LogP contribution is -2.36. The van der Waals surface area contributed by atoms with Crippen molar-refractivity contribution in [3.8, 4) is 11.5 Å². The molecule has 0 bridgehead atoms. The van der Waals surface area contributed by atoms with Gasteiger partial charge in [-0.05, 0) is 61.6 Å². The molecule has 2 aliphatic rings. The third-order valence-corrected chi connectivity index (χ3v) is 6.87. The normalized spacial score (nSPS) is 19.1. The van der Waals surface area contributed by atoms with E-state index in [1.54, 1.807) is 45.4 Å². The van der Waals surface area contributed by atoms with Crippen molar-refractivity contribution >= 4 is 17.7 Å². The summed E-state index contributed by atoms with van der Waals surface area (Å²) < 4.78 is 21.0. The topological polar surface area (TPSA) is 100 Å². The zero-order valence-electron chi connectivity index (χ0n) is 21.7. The van der Waals surface area contributed by atoms with Crippen molar-refractivity contribution < 1.29 is 33.3 Å². The lowest BCUT2D eigenvalue weighted by molar-refractivity contribution is -0.138. The van der Waals surface area contributed by atoms with Gasteiger partial charge in [-0.3, -0.25) is 4.79 Å². The number of Topliss-reactive ketones (excluding diaryl/α,β-unsaturated/α-hetero) is 1. The summed E-state index contributed by atoms with van der Waals surface area (Å²) in [6.45, 7) is 3.77. The van der Waals surface area contributed by atoms with Crippen LogP contribution in [-0.2, 0) is 19.1 Å². The van der Waals surface area contributed by atoms with Crippen LogP contribution in [-0.4, -0.2) is 45.7 Å². The number of rotatable bonds is 7. The van der Waals surface area contributed by atoms with E-state index in [9.17, 15) is 14.4 Å². The minimum absolute atomic E-state index is 0.0510. The number of carbonyl (C=O) groups is 3. The number of carbonyl (C=O) groups excluding carboxylic acids is 3. The molecule has 194 valence electrons. The fourth-order valence-electron chi connectivity index (χ4n) is 5.12. The van der Waals surface area contributed by atoms with Gasteiger partial charge < -0.3 is 24.3 Å². The van der Waals surface area contributed by atoms with Crippen LogP contribution >= 0.6 is 0 Å². The molecule has 2 aromatic carbocycles. The lowest BCUT2D eigenvalue weighted by Gasteiger charge is -2.36. The molecule has 2 atom stereocenters. The number of ketones is 1. The van der Waals surface area contributed by atoms with E-state index in [1.165, 1.54) is 7.11 Å². The molecule has 8 nitrogen and oxygen atoms in total. The number of dihydropyridines is 1. The van der Waals surface area contributed by atoms with Gasteiger partial charge in [0, 0.05) is 29.3 Å². The molecule has 0 aromatic heterocycles. The van der Waals surface area contributed by atoms with Crippen LogP contribution in [0.3, 0.4) is 0 Å². The third kappa shape index (κ3) is 4.96. The van der Waals surface area contributed by atoms with Gasteiger partial charge in [-0.2, -0.15) is 0 Å². The average Bonchev–Trinajstić information content (AvgIpc) is 2.91. The average molecular weight is 506 g/mol. The van der Waals surface area contributed by atoms with Crippen molar-refractivity contribution in [1.82, 2.24) is 5.32 Å². The molecule has 0 saturated carbocycles. The molecular weight excluding hydrogens is 474 g/mol. The Labute approximate surface area is 216 Å². The van der Waals surface area contributed by atoms with E-state index in [0.717, 1.165) is 16.8 Å². The van der Waals surface area contributed by atoms with Crippen LogP contribution in [0.15, 0.2) is 65.0 Å². The zero-order chi connectivity index (χ0) is 26.7. The second kappa shape index (κ2) is 10.9. The van der Waals surface area contributed by atoms with E-state index in [4.69, 9.17) is 18.9 Å². The summed E-state index contributed by atoms with van der Waals surface area (Å²) in [4.78, 5) is 38.7. The molecule has 1 heterocycles. The highest BCUT2D eigenvalue weighted by molar-refractivity contribution is 6.04. The van der Waals surface area contributed by atoms with E-state index in [-0.39, 0.29) is 24.7 Å². The van der Waals surface area contributed by atoms with Gasteiger partial charge in [0.05, 0.1) is 39.1 Å². The Bertz CT molecular complexity index is 1290. The van der Waals surface area contributed by atoms with E-state index in [0.29, 0.717) is 40.3 Å². The Morgan fingerprint density at radius 2 is 1.59 bits per heavy atom. The minimum Gasteiger partial charge on any atom is -0.493 e. The molecule has 4 rings (SSSR count). The number of hydrogen-bond acceptors (Lipinski definition) is 8. The summed E-state index contributed by atoms with van der Waals surface area (Å²) in [6, 6.07) is 12.5. The summed E-state index contributed by atoms with van der Waals surface area (Å²) in [5.41, 5.74) is 4.44. The first kappa shape index (κ1) is 26.0. The second-order valence-electron chi connectivity index (χ2n) is 8.97. The predicted molar refractivity (Wildman–Crippen MR) is 137 cm³/mol. The van der Waals surface area contributed by atoms with Gasteiger partial charge in [-0.1, -0.05) is 18.2 Å². The first-order valence-electron chi connectivity index (χ1n) is 12.1. The van der Waals surface area contributed by atoms with Gasteiger partial charge in [-0.25, -0.2) is 9.59 Å².